The molecule has 1 saturated heterocycles. The molecule has 0 bridgehead atoms. The van der Waals surface area contributed by atoms with Gasteiger partial charge in [0.2, 0.25) is 5.91 Å². The molecule has 2 aliphatic rings. The van der Waals surface area contributed by atoms with Crippen LogP contribution in [0.1, 0.15) is 46.5 Å². The number of ether oxygens (including phenoxy) is 1. The van der Waals surface area contributed by atoms with Crippen molar-refractivity contribution in [1.82, 2.24) is 20.4 Å². The predicted molar refractivity (Wildman–Crippen MR) is 103 cm³/mol. The minimum Gasteiger partial charge on any atom is -0.454 e. The molecule has 2 fully saturated rings. The number of nitrogens with zero attached hydrogens (tertiary/aromatic N) is 2. The quantitative estimate of drug-likeness (QED) is 0.429. The lowest BCUT2D eigenvalue weighted by molar-refractivity contribution is -0.154. The second-order valence-corrected chi connectivity index (χ2v) is 7.46. The fraction of sp³-hybridized carbons (Fsp3) is 0.737. The SMILES string of the molecule is CCNC(=O)CN(CC)C(=O)COC(=O)CN1C(=O)N[C@@]2(CCCC[C@H]2C)C1=O. The molecule has 29 heavy (non-hydrogen) atoms. The van der Waals surface area contributed by atoms with Crippen molar-refractivity contribution >= 4 is 29.7 Å². The normalized spacial score (nSPS) is 23.7. The Labute approximate surface area is 170 Å². The van der Waals surface area contributed by atoms with Crippen LogP contribution in [-0.2, 0) is 23.9 Å². The van der Waals surface area contributed by atoms with E-state index >= 15 is 0 Å². The predicted octanol–water partition coefficient (Wildman–Crippen LogP) is 0.0149. The van der Waals surface area contributed by atoms with E-state index in [9.17, 15) is 24.0 Å². The molecule has 2 rings (SSSR count). The van der Waals surface area contributed by atoms with Gasteiger partial charge in [-0.1, -0.05) is 19.8 Å². The van der Waals surface area contributed by atoms with Crippen molar-refractivity contribution in [3.8, 4) is 0 Å². The van der Waals surface area contributed by atoms with Crippen LogP contribution in [0.4, 0.5) is 4.79 Å². The first-order valence-electron chi connectivity index (χ1n) is 10.1. The summed E-state index contributed by atoms with van der Waals surface area (Å²) in [7, 11) is 0. The topological polar surface area (TPSA) is 125 Å². The van der Waals surface area contributed by atoms with Gasteiger partial charge >= 0.3 is 12.0 Å². The Kier molecular flexibility index (Phi) is 7.58. The van der Waals surface area contributed by atoms with E-state index in [1.165, 1.54) is 4.90 Å². The van der Waals surface area contributed by atoms with Crippen LogP contribution >= 0.6 is 0 Å². The molecule has 5 amide bonds. The van der Waals surface area contributed by atoms with Gasteiger partial charge < -0.3 is 20.3 Å². The van der Waals surface area contributed by atoms with Crippen LogP contribution in [0, 0.1) is 5.92 Å². The average Bonchev–Trinajstić information content (AvgIpc) is 2.91. The highest BCUT2D eigenvalue weighted by atomic mass is 16.5. The maximum Gasteiger partial charge on any atom is 0.326 e. The third kappa shape index (κ3) is 5.04. The summed E-state index contributed by atoms with van der Waals surface area (Å²) in [5.74, 6) is -2.11. The highest BCUT2D eigenvalue weighted by Crippen LogP contribution is 2.38. The number of hydrogen-bond donors (Lipinski definition) is 2. The molecule has 2 atom stereocenters. The van der Waals surface area contributed by atoms with Crippen molar-refractivity contribution in [2.75, 3.05) is 32.8 Å². The van der Waals surface area contributed by atoms with Crippen molar-refractivity contribution in [3.05, 3.63) is 0 Å². The molecule has 0 unspecified atom stereocenters. The molecule has 0 aromatic heterocycles. The van der Waals surface area contributed by atoms with E-state index in [4.69, 9.17) is 4.74 Å². The number of hydrogen-bond acceptors (Lipinski definition) is 6. The first-order chi connectivity index (χ1) is 13.7. The summed E-state index contributed by atoms with van der Waals surface area (Å²) < 4.78 is 4.95. The summed E-state index contributed by atoms with van der Waals surface area (Å²) in [5, 5.41) is 5.35. The Balaban J connectivity index is 1.88. The highest BCUT2D eigenvalue weighted by molar-refractivity contribution is 6.09. The van der Waals surface area contributed by atoms with Gasteiger partial charge in [-0.25, -0.2) is 4.79 Å². The number of rotatable bonds is 8. The monoisotopic (exact) mass is 410 g/mol. The molecule has 10 heteroatoms. The lowest BCUT2D eigenvalue weighted by Gasteiger charge is -2.36. The Bertz CT molecular complexity index is 682. The van der Waals surface area contributed by atoms with Gasteiger partial charge in [-0.15, -0.1) is 0 Å². The molecule has 1 spiro atoms. The van der Waals surface area contributed by atoms with Crippen molar-refractivity contribution < 1.29 is 28.7 Å². The largest absolute Gasteiger partial charge is 0.454 e. The van der Waals surface area contributed by atoms with Crippen LogP contribution in [0.5, 0.6) is 0 Å². The molecule has 0 aromatic carbocycles. The smallest absolute Gasteiger partial charge is 0.326 e. The Morgan fingerprint density at radius 3 is 2.62 bits per heavy atom. The molecular weight excluding hydrogens is 380 g/mol. The molecular formula is C19H30N4O6. The van der Waals surface area contributed by atoms with Crippen LogP contribution in [-0.4, -0.2) is 77.8 Å². The first kappa shape index (κ1) is 22.6. The van der Waals surface area contributed by atoms with Crippen LogP contribution < -0.4 is 10.6 Å². The van der Waals surface area contributed by atoms with Crippen LogP contribution in [0.2, 0.25) is 0 Å². The summed E-state index contributed by atoms with van der Waals surface area (Å²) >= 11 is 0. The van der Waals surface area contributed by atoms with E-state index in [0.717, 1.165) is 24.2 Å². The summed E-state index contributed by atoms with van der Waals surface area (Å²) in [4.78, 5) is 63.2. The van der Waals surface area contributed by atoms with Gasteiger partial charge in [-0.3, -0.25) is 24.1 Å². The second kappa shape index (κ2) is 9.71. The number of amides is 5. The van der Waals surface area contributed by atoms with Crippen molar-refractivity contribution in [2.24, 2.45) is 5.92 Å². The lowest BCUT2D eigenvalue weighted by Crippen LogP contribution is -2.54. The van der Waals surface area contributed by atoms with Gasteiger partial charge in [0, 0.05) is 13.1 Å². The molecule has 162 valence electrons. The Morgan fingerprint density at radius 1 is 1.28 bits per heavy atom. The number of likely N-dealkylation sites (N-methyl/N-ethyl adjacent to an activating group) is 2. The van der Waals surface area contributed by atoms with Crippen molar-refractivity contribution in [3.63, 3.8) is 0 Å². The highest BCUT2D eigenvalue weighted by Gasteiger charge is 2.55. The van der Waals surface area contributed by atoms with Gasteiger partial charge in [-0.2, -0.15) is 0 Å². The molecule has 2 N–H and O–H groups in total. The molecule has 1 aliphatic heterocycles. The molecule has 0 aromatic rings. The van der Waals surface area contributed by atoms with E-state index in [-0.39, 0.29) is 24.9 Å². The number of carbonyl (C=O) groups is 5. The van der Waals surface area contributed by atoms with E-state index in [0.29, 0.717) is 13.0 Å². The summed E-state index contributed by atoms with van der Waals surface area (Å²) in [6.45, 7) is 4.89. The van der Waals surface area contributed by atoms with Crippen molar-refractivity contribution in [1.29, 1.82) is 0 Å². The molecule has 0 radical (unpaired) electrons. The Hall–Kier alpha value is -2.65. The average molecular weight is 410 g/mol. The standard InChI is InChI=1S/C19H30N4O6/c1-4-20-14(24)10-22(5-2)15(25)12-29-16(26)11-23-17(27)19(21-18(23)28)9-7-6-8-13(19)3/h13H,4-12H2,1-3H3,(H,20,24)(H,21,28)/t13-,19-/m1/s1. The zero-order valence-electron chi connectivity index (χ0n) is 17.3. The number of esters is 1. The maximum atomic E-state index is 12.8. The summed E-state index contributed by atoms with van der Waals surface area (Å²) in [6.07, 6.45) is 3.22. The van der Waals surface area contributed by atoms with Crippen LogP contribution in [0.3, 0.4) is 0 Å². The lowest BCUT2D eigenvalue weighted by atomic mass is 9.73. The van der Waals surface area contributed by atoms with E-state index in [1.807, 2.05) is 6.92 Å². The number of urea groups is 1. The number of carbonyl (C=O) groups excluding carboxylic acids is 5. The van der Waals surface area contributed by atoms with Gasteiger partial charge in [0.05, 0.1) is 6.54 Å². The molecule has 1 saturated carbocycles. The minimum atomic E-state index is -0.947. The third-order valence-corrected chi connectivity index (χ3v) is 5.59. The maximum absolute atomic E-state index is 12.8. The third-order valence-electron chi connectivity index (χ3n) is 5.59. The summed E-state index contributed by atoms with van der Waals surface area (Å²) in [6, 6.07) is -0.613. The fourth-order valence-electron chi connectivity index (χ4n) is 3.85. The summed E-state index contributed by atoms with van der Waals surface area (Å²) in [5.41, 5.74) is -0.947. The number of nitrogens with one attached hydrogen (secondary N) is 2. The van der Waals surface area contributed by atoms with Gasteiger partial charge in [0.1, 0.15) is 12.1 Å². The zero-order chi connectivity index (χ0) is 21.6. The van der Waals surface area contributed by atoms with Gasteiger partial charge in [-0.05, 0) is 32.6 Å². The zero-order valence-corrected chi connectivity index (χ0v) is 17.3. The fourth-order valence-corrected chi connectivity index (χ4v) is 3.85. The second-order valence-electron chi connectivity index (χ2n) is 7.46. The first-order valence-corrected chi connectivity index (χ1v) is 10.1. The molecule has 10 nitrogen and oxygen atoms in total. The molecule has 1 aliphatic carbocycles. The van der Waals surface area contributed by atoms with Crippen molar-refractivity contribution in [2.45, 2.75) is 52.0 Å². The minimum absolute atomic E-state index is 0.0114. The van der Waals surface area contributed by atoms with E-state index < -0.39 is 42.5 Å². The number of imide groups is 1. The van der Waals surface area contributed by atoms with E-state index in [2.05, 4.69) is 10.6 Å². The molecule has 1 heterocycles. The van der Waals surface area contributed by atoms with Gasteiger partial charge in [0.15, 0.2) is 6.61 Å². The van der Waals surface area contributed by atoms with Crippen LogP contribution in [0.15, 0.2) is 0 Å². The van der Waals surface area contributed by atoms with Crippen LogP contribution in [0.25, 0.3) is 0 Å². The Morgan fingerprint density at radius 2 is 2.00 bits per heavy atom. The van der Waals surface area contributed by atoms with E-state index in [1.54, 1.807) is 13.8 Å². The van der Waals surface area contributed by atoms with Gasteiger partial charge in [0.25, 0.3) is 11.8 Å².